The summed E-state index contributed by atoms with van der Waals surface area (Å²) in [6, 6.07) is 4.18. The molecule has 0 fully saturated rings. The van der Waals surface area contributed by atoms with Crippen molar-refractivity contribution in [1.29, 1.82) is 0 Å². The molecular weight excluding hydrogens is 264 g/mol. The van der Waals surface area contributed by atoms with Crippen LogP contribution in [0.5, 0.6) is 5.75 Å². The molecule has 0 aromatic heterocycles. The maximum absolute atomic E-state index is 12.2. The summed E-state index contributed by atoms with van der Waals surface area (Å²) >= 11 is 0. The Balaban J connectivity index is 1.92. The van der Waals surface area contributed by atoms with Crippen LogP contribution in [-0.4, -0.2) is 36.5 Å². The second kappa shape index (κ2) is 5.88. The number of carbonyl (C=O) groups is 1. The van der Waals surface area contributed by atoms with Crippen LogP contribution < -0.4 is 15.3 Å². The maximum atomic E-state index is 12.2. The Morgan fingerprint density at radius 1 is 1.43 bits per heavy atom. The van der Waals surface area contributed by atoms with Gasteiger partial charge in [0.25, 0.3) is 0 Å². The van der Waals surface area contributed by atoms with Gasteiger partial charge in [0.2, 0.25) is 5.91 Å². The summed E-state index contributed by atoms with van der Waals surface area (Å²) in [4.78, 5) is 18.7. The lowest BCUT2D eigenvalue weighted by molar-refractivity contribution is -0.134. The molecule has 3 rings (SSSR count). The average molecular weight is 286 g/mol. The molecule has 0 spiro atoms. The van der Waals surface area contributed by atoms with Crippen molar-refractivity contribution in [3.63, 3.8) is 0 Å². The molecule has 0 bridgehead atoms. The number of benzene rings is 1. The van der Waals surface area contributed by atoms with Crippen molar-refractivity contribution in [1.82, 2.24) is 4.90 Å². The maximum Gasteiger partial charge on any atom is 0.222 e. The number of hydrogen-bond acceptors (Lipinski definition) is 3. The molecule has 0 saturated heterocycles. The van der Waals surface area contributed by atoms with E-state index >= 15 is 0 Å². The van der Waals surface area contributed by atoms with Crippen LogP contribution in [0, 0.1) is 0 Å². The van der Waals surface area contributed by atoms with E-state index in [-0.39, 0.29) is 11.9 Å². The minimum atomic E-state index is 0.144. The Labute approximate surface area is 125 Å². The van der Waals surface area contributed by atoms with Crippen LogP contribution in [0.25, 0.3) is 6.08 Å². The first kappa shape index (κ1) is 14.1. The first-order valence-corrected chi connectivity index (χ1v) is 7.83. The summed E-state index contributed by atoms with van der Waals surface area (Å²) in [5, 5.41) is 2.26. The monoisotopic (exact) mass is 286 g/mol. The molecule has 21 heavy (non-hydrogen) atoms. The van der Waals surface area contributed by atoms with Gasteiger partial charge in [-0.15, -0.1) is 0 Å². The van der Waals surface area contributed by atoms with Crippen molar-refractivity contribution in [2.75, 3.05) is 19.7 Å². The number of ether oxygens (including phenoxy) is 1. The highest BCUT2D eigenvalue weighted by Crippen LogP contribution is 2.23. The number of hydrogen-bond donors (Lipinski definition) is 0. The number of fused-ring (bicyclic) bond motifs is 3. The smallest absolute Gasteiger partial charge is 0.222 e. The Bertz CT molecular complexity index is 666. The summed E-state index contributed by atoms with van der Waals surface area (Å²) < 4.78 is 5.93. The van der Waals surface area contributed by atoms with Crippen LogP contribution in [0.1, 0.15) is 32.3 Å². The fraction of sp³-hybridized carbons (Fsp3) is 0.529. The van der Waals surface area contributed by atoms with E-state index < -0.39 is 0 Å². The van der Waals surface area contributed by atoms with E-state index in [0.717, 1.165) is 37.0 Å². The molecule has 1 unspecified atom stereocenters. The van der Waals surface area contributed by atoms with Gasteiger partial charge < -0.3 is 9.64 Å². The number of nitrogens with zero attached hydrogens (tertiary/aromatic N) is 2. The third-order valence-corrected chi connectivity index (χ3v) is 4.25. The number of amides is 1. The molecule has 1 atom stereocenters. The van der Waals surface area contributed by atoms with E-state index in [0.29, 0.717) is 13.0 Å². The van der Waals surface area contributed by atoms with Crippen molar-refractivity contribution >= 4 is 12.0 Å². The second-order valence-corrected chi connectivity index (χ2v) is 5.63. The van der Waals surface area contributed by atoms with Crippen molar-refractivity contribution in [2.24, 2.45) is 4.99 Å². The zero-order valence-electron chi connectivity index (χ0n) is 12.8. The van der Waals surface area contributed by atoms with Gasteiger partial charge in [0.05, 0.1) is 17.9 Å². The lowest BCUT2D eigenvalue weighted by Gasteiger charge is -2.35. The predicted molar refractivity (Wildman–Crippen MR) is 81.8 cm³/mol. The molecular formula is C17H22N2O2. The standard InChI is InChI=1S/C17H22N2O2/c1-3-9-19(17(20)4-2)12-10-14-13-7-8-18-15(13)5-6-16(14)21-11-12/h5-7,12H,3-4,8-11H2,1-2H3. The van der Waals surface area contributed by atoms with Crippen LogP contribution in [0.15, 0.2) is 17.1 Å². The third-order valence-electron chi connectivity index (χ3n) is 4.25. The Morgan fingerprint density at radius 2 is 2.29 bits per heavy atom. The minimum absolute atomic E-state index is 0.144. The molecule has 4 nitrogen and oxygen atoms in total. The molecule has 0 aliphatic carbocycles. The van der Waals surface area contributed by atoms with E-state index in [1.54, 1.807) is 0 Å². The zero-order valence-corrected chi connectivity index (χ0v) is 12.8. The van der Waals surface area contributed by atoms with Gasteiger partial charge in [-0.3, -0.25) is 9.79 Å². The predicted octanol–water partition coefficient (Wildman–Crippen LogP) is 1.05. The van der Waals surface area contributed by atoms with Crippen molar-refractivity contribution in [2.45, 2.75) is 39.2 Å². The molecule has 0 N–H and O–H groups in total. The van der Waals surface area contributed by atoms with Crippen LogP contribution >= 0.6 is 0 Å². The Hall–Kier alpha value is -1.84. The van der Waals surface area contributed by atoms with E-state index in [1.165, 1.54) is 10.8 Å². The SMILES string of the molecule is CCCN(C(=O)CC)C1COc2ccc3c(c2C1)=CCN=3. The fourth-order valence-corrected chi connectivity index (χ4v) is 3.21. The van der Waals surface area contributed by atoms with E-state index in [2.05, 4.69) is 18.0 Å². The highest BCUT2D eigenvalue weighted by atomic mass is 16.5. The molecule has 1 aromatic carbocycles. The average Bonchev–Trinajstić information content (AvgIpc) is 3.00. The van der Waals surface area contributed by atoms with Crippen LogP contribution in [0.2, 0.25) is 0 Å². The summed E-state index contributed by atoms with van der Waals surface area (Å²) in [6.07, 6.45) is 4.56. The van der Waals surface area contributed by atoms with E-state index in [4.69, 9.17) is 4.74 Å². The fourth-order valence-electron chi connectivity index (χ4n) is 3.21. The quantitative estimate of drug-likeness (QED) is 0.830. The van der Waals surface area contributed by atoms with Crippen molar-refractivity contribution in [3.8, 4) is 5.75 Å². The molecule has 112 valence electrons. The molecule has 4 heteroatoms. The van der Waals surface area contributed by atoms with Crippen molar-refractivity contribution in [3.05, 3.63) is 28.3 Å². The largest absolute Gasteiger partial charge is 0.491 e. The third kappa shape index (κ3) is 2.55. The summed E-state index contributed by atoms with van der Waals surface area (Å²) in [6.45, 7) is 6.18. The van der Waals surface area contributed by atoms with Gasteiger partial charge >= 0.3 is 0 Å². The lowest BCUT2D eigenvalue weighted by Crippen LogP contribution is -2.48. The Morgan fingerprint density at radius 3 is 3.05 bits per heavy atom. The molecule has 2 aliphatic heterocycles. The normalized spacial score (nSPS) is 18.9. The highest BCUT2D eigenvalue weighted by Gasteiger charge is 2.28. The topological polar surface area (TPSA) is 41.9 Å². The number of carbonyl (C=O) groups excluding carboxylic acids is 1. The van der Waals surface area contributed by atoms with Gasteiger partial charge in [0.1, 0.15) is 12.4 Å². The number of rotatable bonds is 4. The Kier molecular flexibility index (Phi) is 3.95. The van der Waals surface area contributed by atoms with Gasteiger partial charge in [0.15, 0.2) is 0 Å². The molecule has 0 saturated carbocycles. The van der Waals surface area contributed by atoms with E-state index in [9.17, 15) is 4.79 Å². The van der Waals surface area contributed by atoms with Crippen LogP contribution in [0.4, 0.5) is 0 Å². The molecule has 1 amide bonds. The van der Waals surface area contributed by atoms with Gasteiger partial charge in [-0.2, -0.15) is 0 Å². The first-order valence-electron chi connectivity index (χ1n) is 7.83. The van der Waals surface area contributed by atoms with Gasteiger partial charge in [-0.05, 0) is 18.6 Å². The van der Waals surface area contributed by atoms with Gasteiger partial charge in [-0.1, -0.05) is 19.9 Å². The molecule has 2 aliphatic rings. The van der Waals surface area contributed by atoms with E-state index in [1.807, 2.05) is 24.0 Å². The highest BCUT2D eigenvalue weighted by molar-refractivity contribution is 5.76. The molecule has 0 radical (unpaired) electrons. The first-order chi connectivity index (χ1) is 10.2. The van der Waals surface area contributed by atoms with Gasteiger partial charge in [-0.25, -0.2) is 0 Å². The van der Waals surface area contributed by atoms with Gasteiger partial charge in [0, 0.05) is 30.2 Å². The molecule has 1 aromatic rings. The lowest BCUT2D eigenvalue weighted by atomic mass is 9.98. The van der Waals surface area contributed by atoms with Crippen LogP contribution in [-0.2, 0) is 11.2 Å². The second-order valence-electron chi connectivity index (χ2n) is 5.63. The van der Waals surface area contributed by atoms with Crippen LogP contribution in [0.3, 0.4) is 0 Å². The molecule has 2 heterocycles. The summed E-state index contributed by atoms with van der Waals surface area (Å²) in [5.41, 5.74) is 1.22. The van der Waals surface area contributed by atoms with Crippen molar-refractivity contribution < 1.29 is 9.53 Å². The minimum Gasteiger partial charge on any atom is -0.491 e. The summed E-state index contributed by atoms with van der Waals surface area (Å²) in [5.74, 6) is 1.17. The zero-order chi connectivity index (χ0) is 14.8. The summed E-state index contributed by atoms with van der Waals surface area (Å²) in [7, 11) is 0.